The summed E-state index contributed by atoms with van der Waals surface area (Å²) in [6.07, 6.45) is 4.96. The van der Waals surface area contributed by atoms with Gasteiger partial charge in [-0.15, -0.1) is 11.8 Å². The number of rotatable bonds is 2. The maximum atomic E-state index is 3.92. The van der Waals surface area contributed by atoms with Crippen molar-refractivity contribution in [2.24, 2.45) is 0 Å². The lowest BCUT2D eigenvalue weighted by Gasteiger charge is -1.91. The highest BCUT2D eigenvalue weighted by Crippen LogP contribution is 2.16. The van der Waals surface area contributed by atoms with Crippen LogP contribution in [-0.2, 0) is 6.42 Å². The molecular weight excluding hydrogens is 132 g/mol. The Morgan fingerprint density at radius 2 is 2.56 bits per heavy atom. The molecule has 0 amide bonds. The molecule has 0 spiro atoms. The highest BCUT2D eigenvalue weighted by molar-refractivity contribution is 7.98. The molecule has 2 nitrogen and oxygen atoms in total. The zero-order chi connectivity index (χ0) is 6.69. The molecule has 1 rings (SSSR count). The number of thioether (sulfide) groups is 1. The SMILES string of the molecule is CCc1[nH]ncc1SC. The van der Waals surface area contributed by atoms with Crippen LogP contribution in [0, 0.1) is 0 Å². The van der Waals surface area contributed by atoms with E-state index in [1.54, 1.807) is 11.8 Å². The van der Waals surface area contributed by atoms with E-state index in [9.17, 15) is 0 Å². The summed E-state index contributed by atoms with van der Waals surface area (Å²) in [6, 6.07) is 0. The van der Waals surface area contributed by atoms with Gasteiger partial charge >= 0.3 is 0 Å². The van der Waals surface area contributed by atoms with E-state index in [0.717, 1.165) is 6.42 Å². The molecule has 0 aliphatic heterocycles. The quantitative estimate of drug-likeness (QED) is 0.637. The molecule has 1 N–H and O–H groups in total. The molecule has 1 aromatic rings. The van der Waals surface area contributed by atoms with Crippen molar-refractivity contribution in [3.8, 4) is 0 Å². The zero-order valence-corrected chi connectivity index (χ0v) is 6.46. The minimum atomic E-state index is 1.04. The van der Waals surface area contributed by atoms with Crippen molar-refractivity contribution in [3.63, 3.8) is 0 Å². The van der Waals surface area contributed by atoms with Gasteiger partial charge < -0.3 is 0 Å². The van der Waals surface area contributed by atoms with Gasteiger partial charge in [0.2, 0.25) is 0 Å². The Bertz CT molecular complexity index is 164. The third kappa shape index (κ3) is 1.27. The second kappa shape index (κ2) is 2.92. The Morgan fingerprint density at radius 3 is 3.00 bits per heavy atom. The van der Waals surface area contributed by atoms with Gasteiger partial charge in [-0.3, -0.25) is 5.10 Å². The standard InChI is InChI=1S/C6H10N2S/c1-3-5-6(9-2)4-7-8-5/h4H,3H2,1-2H3,(H,7,8). The highest BCUT2D eigenvalue weighted by Gasteiger charge is 1.98. The van der Waals surface area contributed by atoms with Crippen molar-refractivity contribution in [2.45, 2.75) is 18.2 Å². The first-order valence-corrected chi connectivity index (χ1v) is 4.17. The first kappa shape index (κ1) is 6.68. The average molecular weight is 142 g/mol. The number of H-pyrrole nitrogens is 1. The number of nitrogens with one attached hydrogen (secondary N) is 1. The average Bonchev–Trinajstić information content (AvgIpc) is 2.33. The van der Waals surface area contributed by atoms with Crippen molar-refractivity contribution in [1.82, 2.24) is 10.2 Å². The van der Waals surface area contributed by atoms with Crippen LogP contribution >= 0.6 is 11.8 Å². The lowest BCUT2D eigenvalue weighted by Crippen LogP contribution is -1.80. The van der Waals surface area contributed by atoms with Gasteiger partial charge in [-0.1, -0.05) is 6.92 Å². The van der Waals surface area contributed by atoms with Crippen molar-refractivity contribution < 1.29 is 0 Å². The smallest absolute Gasteiger partial charge is 0.0626 e. The van der Waals surface area contributed by atoms with Crippen LogP contribution in [0.25, 0.3) is 0 Å². The van der Waals surface area contributed by atoms with E-state index in [-0.39, 0.29) is 0 Å². The molecule has 0 saturated heterocycles. The first-order valence-electron chi connectivity index (χ1n) is 2.94. The van der Waals surface area contributed by atoms with Gasteiger partial charge in [-0.25, -0.2) is 0 Å². The van der Waals surface area contributed by atoms with Crippen LogP contribution < -0.4 is 0 Å². The van der Waals surface area contributed by atoms with Crippen LogP contribution in [-0.4, -0.2) is 16.5 Å². The summed E-state index contributed by atoms with van der Waals surface area (Å²) in [4.78, 5) is 1.26. The van der Waals surface area contributed by atoms with Crippen molar-refractivity contribution in [2.75, 3.05) is 6.26 Å². The molecule has 0 fully saturated rings. The second-order valence-corrected chi connectivity index (χ2v) is 2.62. The molecule has 0 aliphatic carbocycles. The summed E-state index contributed by atoms with van der Waals surface area (Å²) in [5, 5.41) is 6.85. The van der Waals surface area contributed by atoms with Crippen LogP contribution in [0.1, 0.15) is 12.6 Å². The van der Waals surface area contributed by atoms with Gasteiger partial charge in [-0.05, 0) is 12.7 Å². The van der Waals surface area contributed by atoms with Gasteiger partial charge in [0.1, 0.15) is 0 Å². The molecule has 0 atom stereocenters. The molecule has 0 bridgehead atoms. The van der Waals surface area contributed by atoms with Crippen LogP contribution in [0.5, 0.6) is 0 Å². The van der Waals surface area contributed by atoms with E-state index in [0.29, 0.717) is 0 Å². The number of nitrogens with zero attached hydrogens (tertiary/aromatic N) is 1. The topological polar surface area (TPSA) is 28.7 Å². The van der Waals surface area contributed by atoms with Gasteiger partial charge in [-0.2, -0.15) is 5.10 Å². The van der Waals surface area contributed by atoms with E-state index in [2.05, 4.69) is 23.4 Å². The molecule has 3 heteroatoms. The normalized spacial score (nSPS) is 10.0. The largest absolute Gasteiger partial charge is 0.281 e. The third-order valence-corrected chi connectivity index (χ3v) is 2.04. The van der Waals surface area contributed by atoms with Gasteiger partial charge in [0.25, 0.3) is 0 Å². The van der Waals surface area contributed by atoms with E-state index >= 15 is 0 Å². The number of aromatic amines is 1. The fraction of sp³-hybridized carbons (Fsp3) is 0.500. The van der Waals surface area contributed by atoms with Crippen LogP contribution in [0.15, 0.2) is 11.1 Å². The first-order chi connectivity index (χ1) is 4.38. The Hall–Kier alpha value is -0.440. The number of aromatic nitrogens is 2. The Morgan fingerprint density at radius 1 is 1.78 bits per heavy atom. The van der Waals surface area contributed by atoms with E-state index < -0.39 is 0 Å². The predicted molar refractivity (Wildman–Crippen MR) is 39.7 cm³/mol. The second-order valence-electron chi connectivity index (χ2n) is 1.77. The molecule has 1 aromatic heterocycles. The summed E-state index contributed by atoms with van der Waals surface area (Å²) in [5.41, 5.74) is 1.24. The number of hydrogen-bond acceptors (Lipinski definition) is 2. The maximum Gasteiger partial charge on any atom is 0.0626 e. The summed E-state index contributed by atoms with van der Waals surface area (Å²) in [5.74, 6) is 0. The summed E-state index contributed by atoms with van der Waals surface area (Å²) < 4.78 is 0. The Kier molecular flexibility index (Phi) is 2.16. The van der Waals surface area contributed by atoms with Crippen molar-refractivity contribution in [3.05, 3.63) is 11.9 Å². The minimum Gasteiger partial charge on any atom is -0.281 e. The summed E-state index contributed by atoms with van der Waals surface area (Å²) >= 11 is 1.73. The Balaban J connectivity index is 2.85. The van der Waals surface area contributed by atoms with Crippen molar-refractivity contribution >= 4 is 11.8 Å². The molecule has 0 aromatic carbocycles. The third-order valence-electron chi connectivity index (χ3n) is 1.25. The molecule has 1 heterocycles. The molecule has 0 aliphatic rings. The van der Waals surface area contributed by atoms with Gasteiger partial charge in [0.05, 0.1) is 6.20 Å². The van der Waals surface area contributed by atoms with Gasteiger partial charge in [0, 0.05) is 10.6 Å². The van der Waals surface area contributed by atoms with E-state index in [1.165, 1.54) is 10.6 Å². The molecule has 0 radical (unpaired) electrons. The lowest BCUT2D eigenvalue weighted by atomic mass is 10.3. The van der Waals surface area contributed by atoms with Crippen LogP contribution in [0.4, 0.5) is 0 Å². The Labute approximate surface area is 59.0 Å². The van der Waals surface area contributed by atoms with Crippen LogP contribution in [0.2, 0.25) is 0 Å². The zero-order valence-electron chi connectivity index (χ0n) is 5.64. The molecule has 50 valence electrons. The predicted octanol–water partition coefficient (Wildman–Crippen LogP) is 1.69. The maximum absolute atomic E-state index is 3.92. The number of hydrogen-bond donors (Lipinski definition) is 1. The summed E-state index contributed by atoms with van der Waals surface area (Å²) in [6.45, 7) is 2.12. The molecule has 0 saturated carbocycles. The summed E-state index contributed by atoms with van der Waals surface area (Å²) in [7, 11) is 0. The minimum absolute atomic E-state index is 1.04. The van der Waals surface area contributed by atoms with E-state index in [1.807, 2.05) is 6.20 Å². The van der Waals surface area contributed by atoms with E-state index in [4.69, 9.17) is 0 Å². The lowest BCUT2D eigenvalue weighted by molar-refractivity contribution is 0.961. The fourth-order valence-corrected chi connectivity index (χ4v) is 1.33. The molecule has 0 unspecified atom stereocenters. The number of aryl methyl sites for hydroxylation is 1. The van der Waals surface area contributed by atoms with Gasteiger partial charge in [0.15, 0.2) is 0 Å². The van der Waals surface area contributed by atoms with Crippen LogP contribution in [0.3, 0.4) is 0 Å². The molecule has 9 heavy (non-hydrogen) atoms. The van der Waals surface area contributed by atoms with Crippen molar-refractivity contribution in [1.29, 1.82) is 0 Å². The highest BCUT2D eigenvalue weighted by atomic mass is 32.2. The monoisotopic (exact) mass is 142 g/mol. The fourth-order valence-electron chi connectivity index (χ4n) is 0.731. The molecular formula is C6H10N2S.